The van der Waals surface area contributed by atoms with Crippen molar-refractivity contribution in [1.29, 1.82) is 0 Å². The van der Waals surface area contributed by atoms with Crippen LogP contribution in [0.1, 0.15) is 11.6 Å². The van der Waals surface area contributed by atoms with E-state index in [0.29, 0.717) is 18.3 Å². The molecule has 0 aliphatic heterocycles. The number of hydrogen-bond donors (Lipinski definition) is 0. The summed E-state index contributed by atoms with van der Waals surface area (Å²) in [6.45, 7) is 0.507. The molecular formula is C24H20N4O. The number of allylic oxidation sites excluding steroid dienone is 3. The van der Waals surface area contributed by atoms with Crippen LogP contribution in [0, 0.1) is 5.92 Å². The van der Waals surface area contributed by atoms with E-state index < -0.39 is 5.41 Å². The molecule has 0 fully saturated rings. The molecule has 4 aromatic rings. The molecule has 0 N–H and O–H groups in total. The van der Waals surface area contributed by atoms with Crippen molar-refractivity contribution in [3.8, 4) is 0 Å². The molecule has 2 aromatic heterocycles. The lowest BCUT2D eigenvalue weighted by atomic mass is 9.71. The number of fused-ring (bicyclic) bond motifs is 2. The summed E-state index contributed by atoms with van der Waals surface area (Å²) in [4.78, 5) is 19.4. The van der Waals surface area contributed by atoms with Crippen LogP contribution >= 0.6 is 0 Å². The lowest BCUT2D eigenvalue weighted by Gasteiger charge is -2.35. The Morgan fingerprint density at radius 1 is 0.828 bits per heavy atom. The van der Waals surface area contributed by atoms with E-state index in [1.54, 1.807) is 7.11 Å². The zero-order chi connectivity index (χ0) is 19.7. The van der Waals surface area contributed by atoms with Crippen LogP contribution in [0.3, 0.4) is 0 Å². The SMILES string of the molecule is COCC1C=CC=CC1(c1ncc2ccccc2n1)c1ncc2ccccc2n1. The van der Waals surface area contributed by atoms with Crippen molar-refractivity contribution in [1.82, 2.24) is 19.9 Å². The third-order valence-electron chi connectivity index (χ3n) is 5.46. The zero-order valence-corrected chi connectivity index (χ0v) is 16.1. The van der Waals surface area contributed by atoms with Gasteiger partial charge in [-0.25, -0.2) is 19.9 Å². The normalized spacial score (nSPS) is 17.8. The van der Waals surface area contributed by atoms with Gasteiger partial charge < -0.3 is 4.74 Å². The molecule has 1 atom stereocenters. The van der Waals surface area contributed by atoms with Crippen LogP contribution in [-0.2, 0) is 10.2 Å². The lowest BCUT2D eigenvalue weighted by Crippen LogP contribution is -2.40. The monoisotopic (exact) mass is 380 g/mol. The van der Waals surface area contributed by atoms with Gasteiger partial charge in [-0.15, -0.1) is 0 Å². The minimum absolute atomic E-state index is 0.0279. The summed E-state index contributed by atoms with van der Waals surface area (Å²) >= 11 is 0. The van der Waals surface area contributed by atoms with E-state index in [1.165, 1.54) is 0 Å². The highest BCUT2D eigenvalue weighted by atomic mass is 16.5. The summed E-state index contributed by atoms with van der Waals surface area (Å²) < 4.78 is 5.56. The number of methoxy groups -OCH3 is 1. The van der Waals surface area contributed by atoms with Crippen LogP contribution in [-0.4, -0.2) is 33.7 Å². The van der Waals surface area contributed by atoms with Crippen molar-refractivity contribution >= 4 is 21.8 Å². The van der Waals surface area contributed by atoms with Gasteiger partial charge in [-0.3, -0.25) is 0 Å². The Labute approximate surface area is 168 Å². The Morgan fingerprint density at radius 2 is 1.41 bits per heavy atom. The Kier molecular flexibility index (Phi) is 4.37. The van der Waals surface area contributed by atoms with Crippen LogP contribution in [0.25, 0.3) is 21.8 Å². The zero-order valence-electron chi connectivity index (χ0n) is 16.1. The van der Waals surface area contributed by atoms with Gasteiger partial charge in [0, 0.05) is 36.2 Å². The van der Waals surface area contributed by atoms with Gasteiger partial charge in [-0.05, 0) is 12.1 Å². The van der Waals surface area contributed by atoms with Crippen LogP contribution in [0.4, 0.5) is 0 Å². The van der Waals surface area contributed by atoms with Gasteiger partial charge in [0.15, 0.2) is 0 Å². The fourth-order valence-corrected chi connectivity index (χ4v) is 3.97. The molecule has 2 aromatic carbocycles. The Hall–Kier alpha value is -3.44. The first-order chi connectivity index (χ1) is 14.3. The van der Waals surface area contributed by atoms with Crippen molar-refractivity contribution in [3.05, 3.63) is 96.9 Å². The first-order valence-corrected chi connectivity index (χ1v) is 9.61. The van der Waals surface area contributed by atoms with Crippen LogP contribution in [0.15, 0.2) is 85.2 Å². The molecule has 1 unspecified atom stereocenters. The number of para-hydroxylation sites is 2. The lowest BCUT2D eigenvalue weighted by molar-refractivity contribution is 0.146. The maximum atomic E-state index is 5.56. The quantitative estimate of drug-likeness (QED) is 0.530. The number of benzene rings is 2. The van der Waals surface area contributed by atoms with Gasteiger partial charge in [0.2, 0.25) is 0 Å². The van der Waals surface area contributed by atoms with Crippen molar-refractivity contribution in [2.24, 2.45) is 5.92 Å². The van der Waals surface area contributed by atoms with Gasteiger partial charge in [-0.1, -0.05) is 60.7 Å². The van der Waals surface area contributed by atoms with E-state index in [4.69, 9.17) is 24.7 Å². The number of nitrogens with zero attached hydrogens (tertiary/aromatic N) is 4. The summed E-state index contributed by atoms with van der Waals surface area (Å²) in [5.74, 6) is 1.32. The molecule has 1 aliphatic rings. The third-order valence-corrected chi connectivity index (χ3v) is 5.46. The summed E-state index contributed by atoms with van der Waals surface area (Å²) in [7, 11) is 1.71. The van der Waals surface area contributed by atoms with Crippen LogP contribution in [0.5, 0.6) is 0 Å². The van der Waals surface area contributed by atoms with Gasteiger partial charge in [0.05, 0.1) is 17.6 Å². The largest absolute Gasteiger partial charge is 0.384 e. The highest BCUT2D eigenvalue weighted by molar-refractivity contribution is 5.78. The first kappa shape index (κ1) is 17.6. The highest BCUT2D eigenvalue weighted by Gasteiger charge is 2.45. The molecule has 5 nitrogen and oxygen atoms in total. The highest BCUT2D eigenvalue weighted by Crippen LogP contribution is 2.41. The number of rotatable bonds is 4. The minimum Gasteiger partial charge on any atom is -0.384 e. The first-order valence-electron chi connectivity index (χ1n) is 9.61. The molecule has 5 rings (SSSR count). The van der Waals surface area contributed by atoms with Crippen LogP contribution in [0.2, 0.25) is 0 Å². The molecule has 0 bridgehead atoms. The fourth-order valence-electron chi connectivity index (χ4n) is 3.97. The Morgan fingerprint density at radius 3 is 2.00 bits per heavy atom. The maximum absolute atomic E-state index is 5.56. The van der Waals surface area contributed by atoms with Crippen LogP contribution < -0.4 is 0 Å². The van der Waals surface area contributed by atoms with Gasteiger partial charge >= 0.3 is 0 Å². The summed E-state index contributed by atoms with van der Waals surface area (Å²) in [5, 5.41) is 2.01. The number of hydrogen-bond acceptors (Lipinski definition) is 5. The summed E-state index contributed by atoms with van der Waals surface area (Å²) in [6, 6.07) is 16.0. The summed E-state index contributed by atoms with van der Waals surface area (Å²) in [6.07, 6.45) is 12.0. The van der Waals surface area contributed by atoms with Gasteiger partial charge in [0.25, 0.3) is 0 Å². The fraction of sp³-hybridized carbons (Fsp3) is 0.167. The van der Waals surface area contributed by atoms with E-state index in [2.05, 4.69) is 12.2 Å². The molecule has 29 heavy (non-hydrogen) atoms. The number of ether oxygens (including phenoxy) is 1. The van der Waals surface area contributed by atoms with Crippen molar-refractivity contribution in [2.75, 3.05) is 13.7 Å². The molecule has 0 saturated heterocycles. The van der Waals surface area contributed by atoms with E-state index in [-0.39, 0.29) is 5.92 Å². The smallest absolute Gasteiger partial charge is 0.147 e. The minimum atomic E-state index is -0.710. The predicted molar refractivity (Wildman–Crippen MR) is 114 cm³/mol. The second-order valence-electron chi connectivity index (χ2n) is 7.18. The predicted octanol–water partition coefficient (Wildman–Crippen LogP) is 4.25. The molecule has 0 amide bonds. The van der Waals surface area contributed by atoms with Crippen molar-refractivity contribution < 1.29 is 4.74 Å². The average Bonchev–Trinajstić information content (AvgIpc) is 2.79. The molecule has 1 aliphatic carbocycles. The van der Waals surface area contributed by atoms with Gasteiger partial charge in [0.1, 0.15) is 17.1 Å². The summed E-state index contributed by atoms with van der Waals surface area (Å²) in [5.41, 5.74) is 1.09. The molecule has 0 spiro atoms. The maximum Gasteiger partial charge on any atom is 0.147 e. The number of aromatic nitrogens is 4. The Bertz CT molecular complexity index is 1170. The second-order valence-corrected chi connectivity index (χ2v) is 7.18. The van der Waals surface area contributed by atoms with E-state index in [9.17, 15) is 0 Å². The molecular weight excluding hydrogens is 360 g/mol. The van der Waals surface area contributed by atoms with E-state index in [0.717, 1.165) is 21.8 Å². The standard InChI is InChI=1S/C24H20N4O/c1-29-16-19-10-6-7-13-24(19,22-25-14-17-8-2-4-11-20(17)27-22)23-26-15-18-9-3-5-12-21(18)28-23/h2-15,19H,16H2,1H3. The van der Waals surface area contributed by atoms with E-state index in [1.807, 2.05) is 73.1 Å². The average molecular weight is 380 g/mol. The Balaban J connectivity index is 1.78. The topological polar surface area (TPSA) is 60.8 Å². The molecule has 5 heteroatoms. The molecule has 142 valence electrons. The van der Waals surface area contributed by atoms with E-state index >= 15 is 0 Å². The third kappa shape index (κ3) is 2.91. The molecule has 2 heterocycles. The van der Waals surface area contributed by atoms with Crippen molar-refractivity contribution in [2.45, 2.75) is 5.41 Å². The second kappa shape index (κ2) is 7.18. The van der Waals surface area contributed by atoms with Crippen molar-refractivity contribution in [3.63, 3.8) is 0 Å². The molecule has 0 radical (unpaired) electrons. The molecule has 0 saturated carbocycles. The van der Waals surface area contributed by atoms with Gasteiger partial charge in [-0.2, -0.15) is 0 Å².